The number of aromatic nitrogens is 5. The standard InChI is InChI=1S/C31H37N7O3/c1-20(39)37-14-11-28-26(19-37)29(34-38(28)23-9-12-36(13-10-23)30(40)41-31(2,3)4)24-8-6-7-21-15-27(32-17-25(21)24)22-16-33-35(5)18-22/h6-8,15-18,23H,9-14,19H2,1-5H3. The molecule has 0 unspecified atom stereocenters. The molecule has 0 N–H and O–H groups in total. The van der Waals surface area contributed by atoms with Gasteiger partial charge < -0.3 is 14.5 Å². The quantitative estimate of drug-likeness (QED) is 0.354. The van der Waals surface area contributed by atoms with Crippen LogP contribution in [-0.4, -0.2) is 71.6 Å². The number of piperidine rings is 1. The Labute approximate surface area is 239 Å². The zero-order chi connectivity index (χ0) is 28.9. The summed E-state index contributed by atoms with van der Waals surface area (Å²) in [7, 11) is 1.90. The molecule has 2 aliphatic heterocycles. The second-order valence-electron chi connectivity index (χ2n) is 12.1. The van der Waals surface area contributed by atoms with Gasteiger partial charge in [0.15, 0.2) is 0 Å². The van der Waals surface area contributed by atoms with Crippen LogP contribution in [0.1, 0.15) is 57.8 Å². The fourth-order valence-corrected chi connectivity index (χ4v) is 5.94. The van der Waals surface area contributed by atoms with Crippen molar-refractivity contribution in [2.24, 2.45) is 7.05 Å². The summed E-state index contributed by atoms with van der Waals surface area (Å²) in [6.45, 7) is 9.76. The fraction of sp³-hybridized carbons (Fsp3) is 0.452. The number of hydrogen-bond donors (Lipinski definition) is 0. The summed E-state index contributed by atoms with van der Waals surface area (Å²) in [5.41, 5.74) is 5.53. The van der Waals surface area contributed by atoms with Gasteiger partial charge in [0.1, 0.15) is 5.60 Å². The predicted molar refractivity (Wildman–Crippen MR) is 156 cm³/mol. The van der Waals surface area contributed by atoms with Crippen molar-refractivity contribution in [1.29, 1.82) is 0 Å². The maximum absolute atomic E-state index is 12.7. The molecule has 0 bridgehead atoms. The molecule has 0 spiro atoms. The number of ether oxygens (including phenoxy) is 1. The molecule has 41 heavy (non-hydrogen) atoms. The summed E-state index contributed by atoms with van der Waals surface area (Å²) in [4.78, 5) is 33.5. The van der Waals surface area contributed by atoms with E-state index in [0.29, 0.717) is 26.2 Å². The number of pyridine rings is 1. The van der Waals surface area contributed by atoms with E-state index in [4.69, 9.17) is 14.8 Å². The summed E-state index contributed by atoms with van der Waals surface area (Å²) in [5.74, 6) is 0.0701. The SMILES string of the molecule is CC(=O)N1CCc2c(c(-c3cccc4cc(-c5cnn(C)c5)ncc34)nn2C2CCN(C(=O)OC(C)(C)C)CC2)C1. The van der Waals surface area contributed by atoms with E-state index in [-0.39, 0.29) is 18.0 Å². The van der Waals surface area contributed by atoms with Gasteiger partial charge in [-0.2, -0.15) is 10.2 Å². The molecule has 4 aromatic rings. The van der Waals surface area contributed by atoms with Crippen molar-refractivity contribution in [2.75, 3.05) is 19.6 Å². The van der Waals surface area contributed by atoms with E-state index in [0.717, 1.165) is 58.1 Å². The van der Waals surface area contributed by atoms with E-state index in [1.54, 1.807) is 16.5 Å². The van der Waals surface area contributed by atoms with Crippen molar-refractivity contribution in [1.82, 2.24) is 34.3 Å². The molecule has 3 aromatic heterocycles. The Kier molecular flexibility index (Phi) is 6.79. The highest BCUT2D eigenvalue weighted by atomic mass is 16.6. The van der Waals surface area contributed by atoms with Crippen LogP contribution >= 0.6 is 0 Å². The number of likely N-dealkylation sites (tertiary alicyclic amines) is 1. The van der Waals surface area contributed by atoms with Crippen molar-refractivity contribution >= 4 is 22.8 Å². The Morgan fingerprint density at radius 3 is 2.51 bits per heavy atom. The molecule has 5 heterocycles. The Morgan fingerprint density at radius 2 is 1.83 bits per heavy atom. The van der Waals surface area contributed by atoms with Gasteiger partial charge in [0.25, 0.3) is 0 Å². The number of carbonyl (C=O) groups is 2. The largest absolute Gasteiger partial charge is 0.444 e. The van der Waals surface area contributed by atoms with Gasteiger partial charge >= 0.3 is 6.09 Å². The normalized spacial score (nSPS) is 16.2. The second-order valence-corrected chi connectivity index (χ2v) is 12.1. The Hall–Kier alpha value is -4.21. The number of hydrogen-bond acceptors (Lipinski definition) is 6. The maximum Gasteiger partial charge on any atom is 0.410 e. The highest BCUT2D eigenvalue weighted by Crippen LogP contribution is 2.37. The van der Waals surface area contributed by atoms with Crippen molar-refractivity contribution in [2.45, 2.75) is 65.1 Å². The number of amides is 2. The van der Waals surface area contributed by atoms with Crippen LogP contribution in [0.4, 0.5) is 4.79 Å². The van der Waals surface area contributed by atoms with E-state index in [1.807, 2.05) is 51.3 Å². The number of aryl methyl sites for hydroxylation is 1. The molecule has 214 valence electrons. The molecule has 0 atom stereocenters. The van der Waals surface area contributed by atoms with Crippen LogP contribution in [0.15, 0.2) is 42.9 Å². The average molecular weight is 556 g/mol. The molecule has 10 heteroatoms. The molecule has 0 aliphatic carbocycles. The minimum Gasteiger partial charge on any atom is -0.444 e. The lowest BCUT2D eigenvalue weighted by Gasteiger charge is -2.34. The number of carbonyl (C=O) groups excluding carboxylic acids is 2. The van der Waals surface area contributed by atoms with Gasteiger partial charge in [-0.1, -0.05) is 18.2 Å². The van der Waals surface area contributed by atoms with Crippen molar-refractivity contribution < 1.29 is 14.3 Å². The van der Waals surface area contributed by atoms with Crippen molar-refractivity contribution in [3.63, 3.8) is 0 Å². The van der Waals surface area contributed by atoms with Crippen molar-refractivity contribution in [3.05, 3.63) is 54.1 Å². The summed E-state index contributed by atoms with van der Waals surface area (Å²) >= 11 is 0. The number of fused-ring (bicyclic) bond motifs is 2. The van der Waals surface area contributed by atoms with Gasteiger partial charge in [-0.05, 0) is 45.1 Å². The average Bonchev–Trinajstić information content (AvgIpc) is 3.55. The van der Waals surface area contributed by atoms with Crippen LogP contribution in [0.5, 0.6) is 0 Å². The van der Waals surface area contributed by atoms with Crippen LogP contribution in [0, 0.1) is 0 Å². The molecule has 1 aromatic carbocycles. The Balaban J connectivity index is 1.35. The van der Waals surface area contributed by atoms with Gasteiger partial charge in [-0.25, -0.2) is 4.79 Å². The smallest absolute Gasteiger partial charge is 0.410 e. The Bertz CT molecular complexity index is 1620. The van der Waals surface area contributed by atoms with E-state index < -0.39 is 5.60 Å². The third-order valence-electron chi connectivity index (χ3n) is 8.01. The minimum atomic E-state index is -0.515. The zero-order valence-corrected chi connectivity index (χ0v) is 24.4. The zero-order valence-electron chi connectivity index (χ0n) is 24.4. The van der Waals surface area contributed by atoms with Gasteiger partial charge in [0, 0.05) is 86.7 Å². The molecule has 2 aliphatic rings. The highest BCUT2D eigenvalue weighted by Gasteiger charge is 2.33. The molecule has 6 rings (SSSR count). The van der Waals surface area contributed by atoms with Crippen LogP contribution in [0.3, 0.4) is 0 Å². The van der Waals surface area contributed by atoms with Gasteiger partial charge in [-0.3, -0.25) is 19.1 Å². The number of nitrogens with zero attached hydrogens (tertiary/aromatic N) is 7. The lowest BCUT2D eigenvalue weighted by molar-refractivity contribution is -0.129. The summed E-state index contributed by atoms with van der Waals surface area (Å²) in [6, 6.07) is 8.51. The lowest BCUT2D eigenvalue weighted by atomic mass is 9.96. The first-order chi connectivity index (χ1) is 19.6. The van der Waals surface area contributed by atoms with E-state index in [1.165, 1.54) is 5.69 Å². The van der Waals surface area contributed by atoms with E-state index in [2.05, 4.69) is 34.0 Å². The first-order valence-corrected chi connectivity index (χ1v) is 14.3. The van der Waals surface area contributed by atoms with Crippen LogP contribution < -0.4 is 0 Å². The molecule has 2 amide bonds. The molecule has 10 nitrogen and oxygen atoms in total. The van der Waals surface area contributed by atoms with Gasteiger partial charge in [0.05, 0.1) is 23.6 Å². The first-order valence-electron chi connectivity index (χ1n) is 14.3. The molecule has 1 saturated heterocycles. The monoisotopic (exact) mass is 555 g/mol. The molecule has 0 saturated carbocycles. The highest BCUT2D eigenvalue weighted by molar-refractivity contribution is 5.97. The van der Waals surface area contributed by atoms with Crippen LogP contribution in [-0.2, 0) is 29.5 Å². The Morgan fingerprint density at radius 1 is 1.05 bits per heavy atom. The van der Waals surface area contributed by atoms with Gasteiger partial charge in [0.2, 0.25) is 5.91 Å². The molecule has 0 radical (unpaired) electrons. The van der Waals surface area contributed by atoms with Crippen LogP contribution in [0.2, 0.25) is 0 Å². The summed E-state index contributed by atoms with van der Waals surface area (Å²) in [6.07, 6.45) is 7.79. The third kappa shape index (κ3) is 5.30. The molecular weight excluding hydrogens is 518 g/mol. The summed E-state index contributed by atoms with van der Waals surface area (Å²) < 4.78 is 9.56. The second kappa shape index (κ2) is 10.3. The summed E-state index contributed by atoms with van der Waals surface area (Å²) in [5, 5.41) is 11.6. The van der Waals surface area contributed by atoms with Gasteiger partial charge in [-0.15, -0.1) is 0 Å². The van der Waals surface area contributed by atoms with Crippen LogP contribution in [0.25, 0.3) is 33.3 Å². The van der Waals surface area contributed by atoms with E-state index in [9.17, 15) is 9.59 Å². The first kappa shape index (κ1) is 27.0. The number of benzene rings is 1. The third-order valence-corrected chi connectivity index (χ3v) is 8.01. The number of rotatable bonds is 3. The minimum absolute atomic E-state index is 0.0701. The topological polar surface area (TPSA) is 98.4 Å². The molecular formula is C31H37N7O3. The maximum atomic E-state index is 12.7. The van der Waals surface area contributed by atoms with E-state index >= 15 is 0 Å². The van der Waals surface area contributed by atoms with Crippen molar-refractivity contribution in [3.8, 4) is 22.5 Å². The molecule has 1 fully saturated rings. The lowest BCUT2D eigenvalue weighted by Crippen LogP contribution is -2.42. The predicted octanol–water partition coefficient (Wildman–Crippen LogP) is 4.98. The fourth-order valence-electron chi connectivity index (χ4n) is 5.94.